The Hall–Kier alpha value is -3.65. The number of hydrogen-bond acceptors (Lipinski definition) is 5. The van der Waals surface area contributed by atoms with Gasteiger partial charge in [-0.3, -0.25) is 9.52 Å². The summed E-state index contributed by atoms with van der Waals surface area (Å²) >= 11 is 0. The molecule has 1 aromatic heterocycles. The molecule has 0 aliphatic carbocycles. The summed E-state index contributed by atoms with van der Waals surface area (Å²) in [5, 5.41) is 17.1. The van der Waals surface area contributed by atoms with Gasteiger partial charge in [0.25, 0.3) is 15.6 Å². The van der Waals surface area contributed by atoms with Crippen molar-refractivity contribution < 1.29 is 13.5 Å². The highest BCUT2D eigenvalue weighted by atomic mass is 32.2. The summed E-state index contributed by atoms with van der Waals surface area (Å²) in [6.07, 6.45) is 0. The van der Waals surface area contributed by atoms with Gasteiger partial charge in [-0.2, -0.15) is 5.10 Å². The molecule has 29 heavy (non-hydrogen) atoms. The van der Waals surface area contributed by atoms with E-state index in [-0.39, 0.29) is 16.2 Å². The van der Waals surface area contributed by atoms with Gasteiger partial charge in [0.1, 0.15) is 5.75 Å². The molecule has 0 aliphatic heterocycles. The summed E-state index contributed by atoms with van der Waals surface area (Å²) < 4.78 is 28.4. The number of rotatable bonds is 4. The van der Waals surface area contributed by atoms with E-state index < -0.39 is 10.0 Å². The molecule has 0 amide bonds. The maximum Gasteiger partial charge on any atom is 0.272 e. The second-order valence-corrected chi connectivity index (χ2v) is 8.23. The minimum atomic E-state index is -3.88. The Morgan fingerprint density at radius 2 is 1.66 bits per heavy atom. The fourth-order valence-corrected chi connectivity index (χ4v) is 4.44. The number of phenolic OH excluding ortho intramolecular Hbond substituents is 1. The van der Waals surface area contributed by atoms with Crippen molar-refractivity contribution >= 4 is 26.5 Å². The molecule has 0 radical (unpaired) electrons. The smallest absolute Gasteiger partial charge is 0.272 e. The van der Waals surface area contributed by atoms with Gasteiger partial charge in [-0.05, 0) is 48.9 Å². The molecule has 3 N–H and O–H groups in total. The van der Waals surface area contributed by atoms with E-state index in [1.807, 2.05) is 0 Å². The van der Waals surface area contributed by atoms with Gasteiger partial charge in [0.2, 0.25) is 0 Å². The number of nitrogens with zero attached hydrogens (tertiary/aromatic N) is 1. The normalized spacial score (nSPS) is 11.5. The van der Waals surface area contributed by atoms with Crippen LogP contribution in [0.2, 0.25) is 0 Å². The third-order valence-electron chi connectivity index (χ3n) is 4.57. The second-order valence-electron chi connectivity index (χ2n) is 6.58. The minimum Gasteiger partial charge on any atom is -0.508 e. The maximum atomic E-state index is 13.0. The van der Waals surface area contributed by atoms with Crippen LogP contribution < -0.4 is 10.3 Å². The number of aromatic nitrogens is 2. The number of aromatic hydroxyl groups is 1. The van der Waals surface area contributed by atoms with Crippen LogP contribution in [0.15, 0.2) is 76.4 Å². The van der Waals surface area contributed by atoms with Crippen molar-refractivity contribution in [3.05, 3.63) is 82.6 Å². The molecule has 0 saturated carbocycles. The van der Waals surface area contributed by atoms with Crippen LogP contribution in [0.3, 0.4) is 0 Å². The summed E-state index contributed by atoms with van der Waals surface area (Å²) in [6.45, 7) is 1.70. The lowest BCUT2D eigenvalue weighted by molar-refractivity contribution is 0.475. The molecule has 4 aromatic rings. The van der Waals surface area contributed by atoms with E-state index in [0.717, 1.165) is 0 Å². The highest BCUT2D eigenvalue weighted by molar-refractivity contribution is 7.92. The SMILES string of the molecule is Cc1ccc(-c2n[nH]c(=O)c3ccccc23)cc1S(=O)(=O)Nc1ccc(O)cc1. The third-order valence-corrected chi connectivity index (χ3v) is 6.09. The first-order valence-electron chi connectivity index (χ1n) is 8.75. The quantitative estimate of drug-likeness (QED) is 0.449. The monoisotopic (exact) mass is 407 g/mol. The number of H-pyrrole nitrogens is 1. The van der Waals surface area contributed by atoms with Crippen molar-refractivity contribution in [2.45, 2.75) is 11.8 Å². The Morgan fingerprint density at radius 3 is 2.38 bits per heavy atom. The summed E-state index contributed by atoms with van der Waals surface area (Å²) in [5.41, 5.74) is 1.64. The van der Waals surface area contributed by atoms with Crippen LogP contribution in [-0.4, -0.2) is 23.7 Å². The largest absolute Gasteiger partial charge is 0.508 e. The van der Waals surface area contributed by atoms with Crippen LogP contribution in [0.4, 0.5) is 5.69 Å². The van der Waals surface area contributed by atoms with E-state index in [2.05, 4.69) is 14.9 Å². The molecule has 4 rings (SSSR count). The molecule has 3 aromatic carbocycles. The molecule has 0 aliphatic rings. The van der Waals surface area contributed by atoms with E-state index in [1.54, 1.807) is 43.3 Å². The van der Waals surface area contributed by atoms with E-state index in [9.17, 15) is 18.3 Å². The van der Waals surface area contributed by atoms with Crippen LogP contribution in [0, 0.1) is 6.92 Å². The lowest BCUT2D eigenvalue weighted by Crippen LogP contribution is -2.14. The zero-order chi connectivity index (χ0) is 20.6. The minimum absolute atomic E-state index is 0.0437. The predicted molar refractivity (Wildman–Crippen MR) is 111 cm³/mol. The molecule has 0 unspecified atom stereocenters. The molecule has 146 valence electrons. The van der Waals surface area contributed by atoms with Gasteiger partial charge in [0.15, 0.2) is 0 Å². The number of anilines is 1. The average Bonchev–Trinajstić information content (AvgIpc) is 2.71. The number of fused-ring (bicyclic) bond motifs is 1. The Morgan fingerprint density at radius 1 is 0.966 bits per heavy atom. The van der Waals surface area contributed by atoms with Gasteiger partial charge < -0.3 is 5.11 Å². The summed E-state index contributed by atoms with van der Waals surface area (Å²) in [7, 11) is -3.88. The number of nitrogens with one attached hydrogen (secondary N) is 2. The van der Waals surface area contributed by atoms with Crippen LogP contribution in [0.25, 0.3) is 22.0 Å². The fraction of sp³-hybridized carbons (Fsp3) is 0.0476. The van der Waals surface area contributed by atoms with Gasteiger partial charge in [0.05, 0.1) is 16.0 Å². The Kier molecular flexibility index (Phi) is 4.56. The van der Waals surface area contributed by atoms with E-state index >= 15 is 0 Å². The molecule has 8 heteroatoms. The first-order chi connectivity index (χ1) is 13.8. The molecule has 7 nitrogen and oxygen atoms in total. The van der Waals surface area contributed by atoms with Crippen molar-refractivity contribution in [2.24, 2.45) is 0 Å². The highest BCUT2D eigenvalue weighted by Gasteiger charge is 2.19. The van der Waals surface area contributed by atoms with Crippen molar-refractivity contribution in [1.29, 1.82) is 0 Å². The Bertz CT molecular complexity index is 1380. The average molecular weight is 407 g/mol. The molecular formula is C21H17N3O4S. The van der Waals surface area contributed by atoms with Gasteiger partial charge in [0, 0.05) is 16.6 Å². The van der Waals surface area contributed by atoms with Crippen molar-refractivity contribution in [1.82, 2.24) is 10.2 Å². The fourth-order valence-electron chi connectivity index (χ4n) is 3.11. The van der Waals surface area contributed by atoms with Crippen LogP contribution in [-0.2, 0) is 10.0 Å². The van der Waals surface area contributed by atoms with E-state index in [1.165, 1.54) is 30.3 Å². The van der Waals surface area contributed by atoms with Crippen LogP contribution in [0.5, 0.6) is 5.75 Å². The summed E-state index contributed by atoms with van der Waals surface area (Å²) in [6, 6.07) is 17.8. The molecule has 0 fully saturated rings. The Balaban J connectivity index is 1.82. The standard InChI is InChI=1S/C21H17N3O4S/c1-13-6-7-14(20-17-4-2-3-5-18(17)21(26)23-22-20)12-19(13)29(27,28)24-15-8-10-16(25)11-9-15/h2-12,24-25H,1H3,(H,23,26). The number of benzene rings is 3. The number of hydrogen-bond donors (Lipinski definition) is 3. The highest BCUT2D eigenvalue weighted by Crippen LogP contribution is 2.29. The van der Waals surface area contributed by atoms with E-state index in [0.29, 0.717) is 33.3 Å². The predicted octanol–water partition coefficient (Wildman–Crippen LogP) is 3.40. The van der Waals surface area contributed by atoms with E-state index in [4.69, 9.17) is 0 Å². The van der Waals surface area contributed by atoms with Crippen molar-refractivity contribution in [3.63, 3.8) is 0 Å². The van der Waals surface area contributed by atoms with Gasteiger partial charge >= 0.3 is 0 Å². The Labute approximate surface area is 166 Å². The van der Waals surface area contributed by atoms with Crippen LogP contribution >= 0.6 is 0 Å². The molecule has 0 atom stereocenters. The number of aromatic amines is 1. The molecule has 0 spiro atoms. The van der Waals surface area contributed by atoms with Crippen molar-refractivity contribution in [2.75, 3.05) is 4.72 Å². The number of aryl methyl sites for hydroxylation is 1. The number of phenols is 1. The van der Waals surface area contributed by atoms with Crippen molar-refractivity contribution in [3.8, 4) is 17.0 Å². The first-order valence-corrected chi connectivity index (χ1v) is 10.2. The molecule has 1 heterocycles. The van der Waals surface area contributed by atoms with Gasteiger partial charge in [-0.15, -0.1) is 0 Å². The maximum absolute atomic E-state index is 13.0. The topological polar surface area (TPSA) is 112 Å². The molecule has 0 saturated heterocycles. The summed E-state index contributed by atoms with van der Waals surface area (Å²) in [4.78, 5) is 12.1. The second kappa shape index (κ2) is 7.06. The zero-order valence-electron chi connectivity index (χ0n) is 15.4. The van der Waals surface area contributed by atoms with Gasteiger partial charge in [-0.25, -0.2) is 13.5 Å². The lowest BCUT2D eigenvalue weighted by atomic mass is 10.0. The molecular weight excluding hydrogens is 390 g/mol. The van der Waals surface area contributed by atoms with Crippen LogP contribution in [0.1, 0.15) is 5.56 Å². The molecule has 0 bridgehead atoms. The lowest BCUT2D eigenvalue weighted by Gasteiger charge is -2.13. The zero-order valence-corrected chi connectivity index (χ0v) is 16.2. The summed E-state index contributed by atoms with van der Waals surface area (Å²) in [5.74, 6) is 0.0437. The number of sulfonamides is 1. The third kappa shape index (κ3) is 3.57. The van der Waals surface area contributed by atoms with Gasteiger partial charge in [-0.1, -0.05) is 30.3 Å². The first kappa shape index (κ1) is 18.7.